The highest BCUT2D eigenvalue weighted by Crippen LogP contribution is 2.27. The molecule has 3 N–H and O–H groups in total. The van der Waals surface area contributed by atoms with Crippen LogP contribution in [0.2, 0.25) is 0 Å². The predicted octanol–water partition coefficient (Wildman–Crippen LogP) is 4.70. The smallest absolute Gasteiger partial charge is 0.161 e. The SMILES string of the molecule is NC(=S)c1ccc(NCCc2ccc(Br)s2)c(F)c1Br. The fraction of sp³-hybridized carbons (Fsp3) is 0.154. The lowest BCUT2D eigenvalue weighted by Crippen LogP contribution is -2.12. The number of halogens is 3. The van der Waals surface area contributed by atoms with E-state index in [1.165, 1.54) is 4.88 Å². The topological polar surface area (TPSA) is 38.0 Å². The molecule has 0 unspecified atom stereocenters. The molecule has 2 nitrogen and oxygen atoms in total. The fourth-order valence-corrected chi connectivity index (χ4v) is 4.03. The second-order valence-electron chi connectivity index (χ2n) is 4.04. The molecule has 0 aliphatic rings. The zero-order chi connectivity index (χ0) is 14.7. The number of hydrogen-bond acceptors (Lipinski definition) is 3. The molecule has 2 rings (SSSR count). The standard InChI is InChI=1S/C13H11Br2FN2S2/c14-10-4-1-7(20-10)5-6-18-9-3-2-8(13(17)19)11(15)12(9)16/h1-4,18H,5-6H2,(H2,17,19). The summed E-state index contributed by atoms with van der Waals surface area (Å²) in [6.45, 7) is 0.655. The molecule has 7 heteroatoms. The van der Waals surface area contributed by atoms with Gasteiger partial charge in [-0.05, 0) is 62.5 Å². The summed E-state index contributed by atoms with van der Waals surface area (Å²) in [5, 5.41) is 3.08. The molecule has 1 heterocycles. The van der Waals surface area contributed by atoms with E-state index in [0.29, 0.717) is 22.3 Å². The highest BCUT2D eigenvalue weighted by atomic mass is 79.9. The van der Waals surface area contributed by atoms with Crippen molar-refractivity contribution in [2.75, 3.05) is 11.9 Å². The van der Waals surface area contributed by atoms with Crippen molar-refractivity contribution >= 4 is 66.1 Å². The van der Waals surface area contributed by atoms with Crippen LogP contribution in [0.5, 0.6) is 0 Å². The Balaban J connectivity index is 2.03. The van der Waals surface area contributed by atoms with Gasteiger partial charge in [0.25, 0.3) is 0 Å². The first-order valence-corrected chi connectivity index (χ1v) is 8.56. The molecule has 1 aromatic carbocycles. The van der Waals surface area contributed by atoms with Crippen molar-refractivity contribution in [3.8, 4) is 0 Å². The van der Waals surface area contributed by atoms with Crippen LogP contribution in [0.4, 0.5) is 10.1 Å². The van der Waals surface area contributed by atoms with E-state index in [1.807, 2.05) is 6.07 Å². The number of nitrogens with one attached hydrogen (secondary N) is 1. The third-order valence-corrected chi connectivity index (χ3v) is 5.34. The van der Waals surface area contributed by atoms with Gasteiger partial charge in [-0.2, -0.15) is 0 Å². The van der Waals surface area contributed by atoms with E-state index in [9.17, 15) is 4.39 Å². The molecule has 0 aliphatic carbocycles. The number of hydrogen-bond donors (Lipinski definition) is 2. The molecular formula is C13H11Br2FN2S2. The minimum absolute atomic E-state index is 0.172. The summed E-state index contributed by atoms with van der Waals surface area (Å²) in [4.78, 5) is 1.41. The largest absolute Gasteiger partial charge is 0.389 e. The van der Waals surface area contributed by atoms with Crippen LogP contribution in [-0.4, -0.2) is 11.5 Å². The minimum atomic E-state index is -0.373. The molecule has 0 bridgehead atoms. The second-order valence-corrected chi connectivity index (χ2v) is 7.82. The molecular weight excluding hydrogens is 427 g/mol. The van der Waals surface area contributed by atoms with Crippen molar-refractivity contribution in [1.82, 2.24) is 0 Å². The van der Waals surface area contributed by atoms with Gasteiger partial charge in [-0.1, -0.05) is 12.2 Å². The van der Waals surface area contributed by atoms with Gasteiger partial charge in [0.1, 0.15) is 4.99 Å². The first-order valence-electron chi connectivity index (χ1n) is 5.75. The van der Waals surface area contributed by atoms with Gasteiger partial charge in [-0.15, -0.1) is 11.3 Å². The molecule has 2 aromatic rings. The zero-order valence-electron chi connectivity index (χ0n) is 10.3. The van der Waals surface area contributed by atoms with Gasteiger partial charge in [0.15, 0.2) is 5.82 Å². The van der Waals surface area contributed by atoms with Crippen LogP contribution in [0.1, 0.15) is 10.4 Å². The van der Waals surface area contributed by atoms with Crippen LogP contribution in [0.25, 0.3) is 0 Å². The second kappa shape index (κ2) is 6.98. The van der Waals surface area contributed by atoms with Crippen molar-refractivity contribution in [3.63, 3.8) is 0 Å². The van der Waals surface area contributed by atoms with Crippen LogP contribution in [0, 0.1) is 5.82 Å². The highest BCUT2D eigenvalue weighted by molar-refractivity contribution is 9.11. The average Bonchev–Trinajstić information content (AvgIpc) is 2.80. The van der Waals surface area contributed by atoms with E-state index in [2.05, 4.69) is 43.2 Å². The average molecular weight is 438 g/mol. The van der Waals surface area contributed by atoms with E-state index >= 15 is 0 Å². The number of thiocarbonyl (C=S) groups is 1. The maximum atomic E-state index is 14.1. The van der Waals surface area contributed by atoms with E-state index in [0.717, 1.165) is 10.2 Å². The molecule has 20 heavy (non-hydrogen) atoms. The molecule has 0 saturated carbocycles. The van der Waals surface area contributed by atoms with E-state index in [4.69, 9.17) is 18.0 Å². The van der Waals surface area contributed by atoms with Crippen LogP contribution in [0.3, 0.4) is 0 Å². The summed E-state index contributed by atoms with van der Waals surface area (Å²) in [5.41, 5.74) is 6.47. The first-order chi connectivity index (χ1) is 9.49. The Morgan fingerprint density at radius 2 is 2.05 bits per heavy atom. The quantitative estimate of drug-likeness (QED) is 0.665. The van der Waals surface area contributed by atoms with Crippen LogP contribution in [-0.2, 0) is 6.42 Å². The van der Waals surface area contributed by atoms with Crippen molar-refractivity contribution in [1.29, 1.82) is 0 Å². The Morgan fingerprint density at radius 1 is 1.30 bits per heavy atom. The molecule has 0 fully saturated rings. The third-order valence-electron chi connectivity index (χ3n) is 2.66. The monoisotopic (exact) mass is 436 g/mol. The van der Waals surface area contributed by atoms with Gasteiger partial charge >= 0.3 is 0 Å². The lowest BCUT2D eigenvalue weighted by Gasteiger charge is -2.10. The molecule has 1 aromatic heterocycles. The summed E-state index contributed by atoms with van der Waals surface area (Å²) in [6, 6.07) is 7.42. The number of benzene rings is 1. The number of anilines is 1. The lowest BCUT2D eigenvalue weighted by atomic mass is 10.2. The van der Waals surface area contributed by atoms with Crippen molar-refractivity contribution < 1.29 is 4.39 Å². The van der Waals surface area contributed by atoms with Gasteiger partial charge in [0.2, 0.25) is 0 Å². The van der Waals surface area contributed by atoms with Gasteiger partial charge in [-0.3, -0.25) is 0 Å². The normalized spacial score (nSPS) is 10.6. The number of rotatable bonds is 5. The van der Waals surface area contributed by atoms with E-state index in [-0.39, 0.29) is 10.8 Å². The molecule has 0 amide bonds. The maximum Gasteiger partial charge on any atom is 0.161 e. The summed E-state index contributed by atoms with van der Waals surface area (Å²) in [5.74, 6) is -0.373. The van der Waals surface area contributed by atoms with E-state index in [1.54, 1.807) is 23.5 Å². The molecule has 0 aliphatic heterocycles. The Morgan fingerprint density at radius 3 is 2.65 bits per heavy atom. The van der Waals surface area contributed by atoms with Gasteiger partial charge in [0.05, 0.1) is 13.9 Å². The van der Waals surface area contributed by atoms with Crippen LogP contribution in [0.15, 0.2) is 32.5 Å². The highest BCUT2D eigenvalue weighted by Gasteiger charge is 2.12. The molecule has 0 radical (unpaired) electrons. The molecule has 0 saturated heterocycles. The Kier molecular flexibility index (Phi) is 5.54. The zero-order valence-corrected chi connectivity index (χ0v) is 15.1. The van der Waals surface area contributed by atoms with Gasteiger partial charge < -0.3 is 11.1 Å². The van der Waals surface area contributed by atoms with Crippen molar-refractivity contribution in [3.05, 3.63) is 48.8 Å². The fourth-order valence-electron chi connectivity index (χ4n) is 1.68. The molecule has 0 atom stereocenters. The first kappa shape index (κ1) is 15.9. The van der Waals surface area contributed by atoms with E-state index < -0.39 is 0 Å². The summed E-state index contributed by atoms with van der Waals surface area (Å²) in [7, 11) is 0. The Bertz CT molecular complexity index is 643. The molecule has 0 spiro atoms. The molecule has 106 valence electrons. The minimum Gasteiger partial charge on any atom is -0.389 e. The summed E-state index contributed by atoms with van der Waals surface area (Å²) >= 11 is 13.1. The summed E-state index contributed by atoms with van der Waals surface area (Å²) in [6.07, 6.45) is 0.838. The van der Waals surface area contributed by atoms with Crippen LogP contribution >= 0.6 is 55.4 Å². The van der Waals surface area contributed by atoms with Gasteiger partial charge in [-0.25, -0.2) is 4.39 Å². The summed E-state index contributed by atoms with van der Waals surface area (Å²) < 4.78 is 15.5. The lowest BCUT2D eigenvalue weighted by molar-refractivity contribution is 0.623. The Labute approximate surface area is 142 Å². The number of nitrogens with two attached hydrogens (primary N) is 1. The maximum absolute atomic E-state index is 14.1. The van der Waals surface area contributed by atoms with Gasteiger partial charge in [0, 0.05) is 17.0 Å². The Hall–Kier alpha value is -0.500. The van der Waals surface area contributed by atoms with Crippen molar-refractivity contribution in [2.45, 2.75) is 6.42 Å². The van der Waals surface area contributed by atoms with Crippen molar-refractivity contribution in [2.24, 2.45) is 5.73 Å². The number of thiophene rings is 1. The van der Waals surface area contributed by atoms with Crippen LogP contribution < -0.4 is 11.1 Å². The third kappa shape index (κ3) is 3.78. The predicted molar refractivity (Wildman–Crippen MR) is 94.2 cm³/mol.